The highest BCUT2D eigenvalue weighted by Gasteiger charge is 2.24. The van der Waals surface area contributed by atoms with Crippen molar-refractivity contribution >= 4 is 29.4 Å². The van der Waals surface area contributed by atoms with Crippen LogP contribution in [0.1, 0.15) is 16.7 Å². The van der Waals surface area contributed by atoms with E-state index in [0.717, 1.165) is 23.2 Å². The summed E-state index contributed by atoms with van der Waals surface area (Å²) in [6.45, 7) is 0.940. The number of hydrogen-bond acceptors (Lipinski definition) is 5. The molecule has 0 aromatic heterocycles. The van der Waals surface area contributed by atoms with Gasteiger partial charge in [0.2, 0.25) is 0 Å². The van der Waals surface area contributed by atoms with Gasteiger partial charge in [-0.2, -0.15) is 0 Å². The lowest BCUT2D eigenvalue weighted by atomic mass is 10.2. The van der Waals surface area contributed by atoms with Crippen molar-refractivity contribution in [1.82, 2.24) is 0 Å². The number of para-hydroxylation sites is 1. The molecule has 1 aliphatic rings. The van der Waals surface area contributed by atoms with Crippen molar-refractivity contribution in [3.63, 3.8) is 0 Å². The van der Waals surface area contributed by atoms with Crippen LogP contribution in [0, 0.1) is 0 Å². The number of carbonyl (C=O) groups is 1. The molecule has 6 nitrogen and oxygen atoms in total. The molecule has 0 N–H and O–H groups in total. The van der Waals surface area contributed by atoms with E-state index in [9.17, 15) is 4.79 Å². The van der Waals surface area contributed by atoms with Crippen LogP contribution in [0.15, 0.2) is 71.9 Å². The van der Waals surface area contributed by atoms with Crippen LogP contribution < -0.4 is 14.4 Å². The van der Waals surface area contributed by atoms with Gasteiger partial charge in [0.05, 0.1) is 13.3 Å². The zero-order valence-corrected chi connectivity index (χ0v) is 18.4. The number of oxime groups is 1. The molecule has 0 bridgehead atoms. The Kier molecular flexibility index (Phi) is 6.92. The lowest BCUT2D eigenvalue weighted by Crippen LogP contribution is -2.31. The number of benzene rings is 3. The van der Waals surface area contributed by atoms with Gasteiger partial charge in [-0.3, -0.25) is 4.79 Å². The minimum atomic E-state index is -0.121. The zero-order valence-electron chi connectivity index (χ0n) is 17.7. The summed E-state index contributed by atoms with van der Waals surface area (Å²) >= 11 is 5.91. The summed E-state index contributed by atoms with van der Waals surface area (Å²) in [6.07, 6.45) is 2.40. The van der Waals surface area contributed by atoms with Crippen LogP contribution in [0.3, 0.4) is 0 Å². The Morgan fingerprint density at radius 3 is 2.72 bits per heavy atom. The first-order valence-electron chi connectivity index (χ1n) is 10.2. The first-order chi connectivity index (χ1) is 15.6. The number of amides is 1. The summed E-state index contributed by atoms with van der Waals surface area (Å²) in [5.41, 5.74) is 3.89. The van der Waals surface area contributed by atoms with Crippen molar-refractivity contribution < 1.29 is 19.1 Å². The number of nitrogens with zero attached hydrogens (tertiary/aromatic N) is 2. The first kappa shape index (κ1) is 21.7. The third kappa shape index (κ3) is 5.21. The van der Waals surface area contributed by atoms with Gasteiger partial charge in [-0.25, -0.2) is 0 Å². The van der Waals surface area contributed by atoms with Gasteiger partial charge in [-0.05, 0) is 53.9 Å². The molecule has 0 spiro atoms. The molecule has 0 saturated carbocycles. The molecule has 0 atom stereocenters. The topological polar surface area (TPSA) is 60.4 Å². The van der Waals surface area contributed by atoms with E-state index >= 15 is 0 Å². The van der Waals surface area contributed by atoms with Crippen LogP contribution in [0.5, 0.6) is 11.5 Å². The van der Waals surface area contributed by atoms with Gasteiger partial charge < -0.3 is 19.2 Å². The van der Waals surface area contributed by atoms with E-state index in [4.69, 9.17) is 25.9 Å². The molecular weight excluding hydrogens is 428 g/mol. The SMILES string of the molecule is COc1cc(C=NOCC(=O)N2CCc3ccccc32)ccc1OCc1ccc(Cl)cc1. The molecule has 0 aliphatic carbocycles. The summed E-state index contributed by atoms with van der Waals surface area (Å²) < 4.78 is 11.3. The third-order valence-electron chi connectivity index (χ3n) is 5.15. The molecule has 0 fully saturated rings. The van der Waals surface area contributed by atoms with Gasteiger partial charge in [0.15, 0.2) is 18.1 Å². The molecule has 1 amide bonds. The fraction of sp³-hybridized carbons (Fsp3) is 0.200. The number of carbonyl (C=O) groups excluding carboxylic acids is 1. The predicted molar refractivity (Wildman–Crippen MR) is 125 cm³/mol. The van der Waals surface area contributed by atoms with Crippen LogP contribution in [0.25, 0.3) is 0 Å². The number of fused-ring (bicyclic) bond motifs is 1. The number of halogens is 1. The number of anilines is 1. The van der Waals surface area contributed by atoms with Crippen molar-refractivity contribution in [2.75, 3.05) is 25.2 Å². The number of hydrogen-bond donors (Lipinski definition) is 0. The zero-order chi connectivity index (χ0) is 22.3. The van der Waals surface area contributed by atoms with Crippen molar-refractivity contribution in [1.29, 1.82) is 0 Å². The Labute approximate surface area is 192 Å². The molecule has 3 aromatic carbocycles. The average Bonchev–Trinajstić information content (AvgIpc) is 3.26. The molecule has 4 rings (SSSR count). The largest absolute Gasteiger partial charge is 0.493 e. The Bertz CT molecular complexity index is 1120. The van der Waals surface area contributed by atoms with E-state index < -0.39 is 0 Å². The van der Waals surface area contributed by atoms with E-state index in [1.165, 1.54) is 11.8 Å². The van der Waals surface area contributed by atoms with Gasteiger partial charge in [-0.15, -0.1) is 0 Å². The van der Waals surface area contributed by atoms with Gasteiger partial charge >= 0.3 is 0 Å². The van der Waals surface area contributed by atoms with Gasteiger partial charge in [0.1, 0.15) is 6.61 Å². The molecular formula is C25H23ClN2O4. The molecule has 32 heavy (non-hydrogen) atoms. The second-order valence-electron chi connectivity index (χ2n) is 7.26. The van der Waals surface area contributed by atoms with Gasteiger partial charge in [-0.1, -0.05) is 47.1 Å². The Morgan fingerprint density at radius 1 is 1.09 bits per heavy atom. The molecule has 0 radical (unpaired) electrons. The Balaban J connectivity index is 1.31. The van der Waals surface area contributed by atoms with Crippen molar-refractivity contribution in [3.05, 3.63) is 88.4 Å². The lowest BCUT2D eigenvalue weighted by molar-refractivity contribution is -0.122. The normalized spacial score (nSPS) is 12.6. The van der Waals surface area contributed by atoms with Crippen molar-refractivity contribution in [2.24, 2.45) is 5.16 Å². The fourth-order valence-corrected chi connectivity index (χ4v) is 3.62. The van der Waals surface area contributed by atoms with Crippen LogP contribution in [-0.2, 0) is 22.7 Å². The summed E-state index contributed by atoms with van der Waals surface area (Å²) in [5, 5.41) is 4.62. The summed E-state index contributed by atoms with van der Waals surface area (Å²) in [6, 6.07) is 20.8. The van der Waals surface area contributed by atoms with E-state index in [1.54, 1.807) is 18.1 Å². The molecule has 164 valence electrons. The van der Waals surface area contributed by atoms with Gasteiger partial charge in [0, 0.05) is 22.8 Å². The summed E-state index contributed by atoms with van der Waals surface area (Å²) in [7, 11) is 1.58. The van der Waals surface area contributed by atoms with Crippen LogP contribution in [0.4, 0.5) is 5.69 Å². The van der Waals surface area contributed by atoms with Crippen LogP contribution in [-0.4, -0.2) is 32.4 Å². The highest BCUT2D eigenvalue weighted by molar-refractivity contribution is 6.30. The maximum Gasteiger partial charge on any atom is 0.267 e. The second-order valence-corrected chi connectivity index (χ2v) is 7.69. The Morgan fingerprint density at radius 2 is 1.91 bits per heavy atom. The monoisotopic (exact) mass is 450 g/mol. The number of rotatable bonds is 8. The minimum Gasteiger partial charge on any atom is -0.493 e. The average molecular weight is 451 g/mol. The maximum atomic E-state index is 12.5. The summed E-state index contributed by atoms with van der Waals surface area (Å²) in [5.74, 6) is 1.08. The second kappa shape index (κ2) is 10.2. The van der Waals surface area contributed by atoms with Crippen LogP contribution in [0.2, 0.25) is 5.02 Å². The van der Waals surface area contributed by atoms with Crippen LogP contribution >= 0.6 is 11.6 Å². The fourth-order valence-electron chi connectivity index (χ4n) is 3.49. The quantitative estimate of drug-likeness (QED) is 0.363. The third-order valence-corrected chi connectivity index (χ3v) is 5.40. The minimum absolute atomic E-state index is 0.115. The number of methoxy groups -OCH3 is 1. The molecule has 3 aromatic rings. The van der Waals surface area contributed by atoms with E-state index in [0.29, 0.717) is 29.7 Å². The maximum absolute atomic E-state index is 12.5. The van der Waals surface area contributed by atoms with Crippen molar-refractivity contribution in [3.8, 4) is 11.5 Å². The molecule has 7 heteroatoms. The smallest absolute Gasteiger partial charge is 0.267 e. The molecule has 0 unspecified atom stereocenters. The first-order valence-corrected chi connectivity index (χ1v) is 10.6. The highest BCUT2D eigenvalue weighted by atomic mass is 35.5. The molecule has 1 aliphatic heterocycles. The highest BCUT2D eigenvalue weighted by Crippen LogP contribution is 2.29. The lowest BCUT2D eigenvalue weighted by Gasteiger charge is -2.16. The van der Waals surface area contributed by atoms with Crippen molar-refractivity contribution in [2.45, 2.75) is 13.0 Å². The molecule has 0 saturated heterocycles. The van der Waals surface area contributed by atoms with Gasteiger partial charge in [0.25, 0.3) is 5.91 Å². The summed E-state index contributed by atoms with van der Waals surface area (Å²) in [4.78, 5) is 19.4. The van der Waals surface area contributed by atoms with E-state index in [1.807, 2.05) is 60.7 Å². The Hall–Kier alpha value is -3.51. The standard InChI is InChI=1S/C25H23ClN2O4/c1-30-24-14-19(8-11-23(24)31-16-18-6-9-21(26)10-7-18)15-27-32-17-25(29)28-13-12-20-4-2-3-5-22(20)28/h2-11,14-15H,12-13,16-17H2,1H3. The van der Waals surface area contributed by atoms with E-state index in [2.05, 4.69) is 5.16 Å². The molecule has 1 heterocycles. The number of ether oxygens (including phenoxy) is 2. The predicted octanol–water partition coefficient (Wildman–Crippen LogP) is 4.87. The van der Waals surface area contributed by atoms with E-state index in [-0.39, 0.29) is 12.5 Å².